The number of benzene rings is 1. The van der Waals surface area contributed by atoms with Crippen molar-refractivity contribution in [3.63, 3.8) is 0 Å². The number of nitrogens with one attached hydrogen (secondary N) is 2. The largest absolute Gasteiger partial charge is 0.493 e. The molecule has 1 heterocycles. The van der Waals surface area contributed by atoms with Gasteiger partial charge in [-0.1, -0.05) is 6.07 Å². The third kappa shape index (κ3) is 4.46. The topological polar surface area (TPSA) is 93.4 Å². The van der Waals surface area contributed by atoms with Crippen LogP contribution in [0, 0.1) is 0 Å². The SMILES string of the molecule is Nc1cccc(OCCC(=O)NCC2CCC(=O)N2)c1. The van der Waals surface area contributed by atoms with E-state index in [0.29, 0.717) is 31.0 Å². The molecule has 1 atom stereocenters. The molecule has 6 nitrogen and oxygen atoms in total. The zero-order valence-corrected chi connectivity index (χ0v) is 11.2. The number of rotatable bonds is 6. The van der Waals surface area contributed by atoms with Crippen LogP contribution in [-0.2, 0) is 9.59 Å². The van der Waals surface area contributed by atoms with Gasteiger partial charge in [0, 0.05) is 30.8 Å². The van der Waals surface area contributed by atoms with Gasteiger partial charge < -0.3 is 21.1 Å². The van der Waals surface area contributed by atoms with Gasteiger partial charge in [-0.05, 0) is 18.6 Å². The molecule has 1 fully saturated rings. The summed E-state index contributed by atoms with van der Waals surface area (Å²) >= 11 is 0. The fourth-order valence-electron chi connectivity index (χ4n) is 2.02. The molecule has 1 unspecified atom stereocenters. The van der Waals surface area contributed by atoms with Gasteiger partial charge in [0.2, 0.25) is 11.8 Å². The van der Waals surface area contributed by atoms with Gasteiger partial charge in [0.05, 0.1) is 13.0 Å². The van der Waals surface area contributed by atoms with Gasteiger partial charge in [-0.3, -0.25) is 9.59 Å². The zero-order chi connectivity index (χ0) is 14.4. The molecule has 1 aromatic carbocycles. The van der Waals surface area contributed by atoms with Crippen LogP contribution in [0.4, 0.5) is 5.69 Å². The molecule has 0 aliphatic carbocycles. The van der Waals surface area contributed by atoms with Crippen LogP contribution in [-0.4, -0.2) is 31.0 Å². The molecule has 1 aliphatic rings. The number of nitrogen functional groups attached to an aromatic ring is 1. The molecule has 0 aromatic heterocycles. The molecule has 6 heteroatoms. The summed E-state index contributed by atoms with van der Waals surface area (Å²) in [6.45, 7) is 0.773. The van der Waals surface area contributed by atoms with Crippen molar-refractivity contribution in [2.24, 2.45) is 0 Å². The van der Waals surface area contributed by atoms with E-state index in [4.69, 9.17) is 10.5 Å². The van der Waals surface area contributed by atoms with E-state index in [-0.39, 0.29) is 24.3 Å². The van der Waals surface area contributed by atoms with Crippen molar-refractivity contribution < 1.29 is 14.3 Å². The lowest BCUT2D eigenvalue weighted by molar-refractivity contribution is -0.122. The molecule has 0 saturated carbocycles. The van der Waals surface area contributed by atoms with E-state index in [1.54, 1.807) is 24.3 Å². The maximum atomic E-state index is 11.6. The number of hydrogen-bond acceptors (Lipinski definition) is 4. The molecule has 20 heavy (non-hydrogen) atoms. The normalized spacial score (nSPS) is 17.6. The summed E-state index contributed by atoms with van der Waals surface area (Å²) < 4.78 is 5.44. The lowest BCUT2D eigenvalue weighted by Gasteiger charge is -2.11. The number of carbonyl (C=O) groups is 2. The average molecular weight is 277 g/mol. The summed E-state index contributed by atoms with van der Waals surface area (Å²) in [6, 6.07) is 7.14. The molecule has 1 aromatic rings. The Hall–Kier alpha value is -2.24. The number of ether oxygens (including phenoxy) is 1. The van der Waals surface area contributed by atoms with E-state index in [1.165, 1.54) is 0 Å². The lowest BCUT2D eigenvalue weighted by atomic mass is 10.2. The first-order valence-electron chi connectivity index (χ1n) is 6.68. The Bertz CT molecular complexity index is 490. The first-order chi connectivity index (χ1) is 9.63. The molecule has 2 amide bonds. The monoisotopic (exact) mass is 277 g/mol. The molecule has 0 radical (unpaired) electrons. The Kier molecular flexibility index (Phi) is 4.81. The first kappa shape index (κ1) is 14.2. The van der Waals surface area contributed by atoms with Gasteiger partial charge >= 0.3 is 0 Å². The summed E-state index contributed by atoms with van der Waals surface area (Å²) in [5, 5.41) is 5.58. The van der Waals surface area contributed by atoms with Crippen molar-refractivity contribution in [1.82, 2.24) is 10.6 Å². The molecular formula is C14H19N3O3. The van der Waals surface area contributed by atoms with Crippen LogP contribution in [0.15, 0.2) is 24.3 Å². The summed E-state index contributed by atoms with van der Waals surface area (Å²) in [6.07, 6.45) is 1.59. The summed E-state index contributed by atoms with van der Waals surface area (Å²) in [5.74, 6) is 0.616. The summed E-state index contributed by atoms with van der Waals surface area (Å²) in [4.78, 5) is 22.6. The second-order valence-corrected chi connectivity index (χ2v) is 4.78. The Balaban J connectivity index is 1.61. The Morgan fingerprint density at radius 1 is 1.50 bits per heavy atom. The van der Waals surface area contributed by atoms with E-state index in [1.807, 2.05) is 0 Å². The minimum atomic E-state index is -0.0879. The molecule has 1 aliphatic heterocycles. The van der Waals surface area contributed by atoms with Crippen LogP contribution in [0.3, 0.4) is 0 Å². The molecule has 4 N–H and O–H groups in total. The van der Waals surface area contributed by atoms with E-state index >= 15 is 0 Å². The smallest absolute Gasteiger partial charge is 0.223 e. The van der Waals surface area contributed by atoms with E-state index in [9.17, 15) is 9.59 Å². The highest BCUT2D eigenvalue weighted by molar-refractivity contribution is 5.79. The number of anilines is 1. The van der Waals surface area contributed by atoms with Gasteiger partial charge in [0.1, 0.15) is 5.75 Å². The number of hydrogen-bond donors (Lipinski definition) is 3. The minimum absolute atomic E-state index is 0.0502. The zero-order valence-electron chi connectivity index (χ0n) is 11.2. The summed E-state index contributed by atoms with van der Waals surface area (Å²) in [7, 11) is 0. The van der Waals surface area contributed by atoms with Gasteiger partial charge in [-0.2, -0.15) is 0 Å². The highest BCUT2D eigenvalue weighted by Gasteiger charge is 2.20. The predicted molar refractivity (Wildman–Crippen MR) is 75.1 cm³/mol. The fourth-order valence-corrected chi connectivity index (χ4v) is 2.02. The van der Waals surface area contributed by atoms with E-state index in [0.717, 1.165) is 6.42 Å². The van der Waals surface area contributed by atoms with Crippen molar-refractivity contribution in [2.45, 2.75) is 25.3 Å². The first-order valence-corrected chi connectivity index (χ1v) is 6.68. The maximum absolute atomic E-state index is 11.6. The van der Waals surface area contributed by atoms with Crippen molar-refractivity contribution >= 4 is 17.5 Å². The maximum Gasteiger partial charge on any atom is 0.223 e. The van der Waals surface area contributed by atoms with Crippen LogP contribution in [0.5, 0.6) is 5.75 Å². The van der Waals surface area contributed by atoms with Crippen molar-refractivity contribution in [3.05, 3.63) is 24.3 Å². The number of nitrogens with two attached hydrogens (primary N) is 1. The Morgan fingerprint density at radius 2 is 2.35 bits per heavy atom. The molecular weight excluding hydrogens is 258 g/mol. The minimum Gasteiger partial charge on any atom is -0.493 e. The quantitative estimate of drug-likeness (QED) is 0.657. The molecule has 0 bridgehead atoms. The number of carbonyl (C=O) groups excluding carboxylic acids is 2. The third-order valence-electron chi connectivity index (χ3n) is 3.09. The Labute approximate surface area is 117 Å². The second-order valence-electron chi connectivity index (χ2n) is 4.78. The molecule has 108 valence electrons. The van der Waals surface area contributed by atoms with Crippen molar-refractivity contribution in [2.75, 3.05) is 18.9 Å². The molecule has 1 saturated heterocycles. The lowest BCUT2D eigenvalue weighted by Crippen LogP contribution is -2.38. The van der Waals surface area contributed by atoms with Gasteiger partial charge in [-0.15, -0.1) is 0 Å². The van der Waals surface area contributed by atoms with Crippen LogP contribution in [0.25, 0.3) is 0 Å². The van der Waals surface area contributed by atoms with Gasteiger partial charge in [-0.25, -0.2) is 0 Å². The van der Waals surface area contributed by atoms with Crippen LogP contribution >= 0.6 is 0 Å². The van der Waals surface area contributed by atoms with Gasteiger partial charge in [0.15, 0.2) is 0 Å². The van der Waals surface area contributed by atoms with Crippen LogP contribution in [0.2, 0.25) is 0 Å². The third-order valence-corrected chi connectivity index (χ3v) is 3.09. The highest BCUT2D eigenvalue weighted by Crippen LogP contribution is 2.14. The van der Waals surface area contributed by atoms with E-state index in [2.05, 4.69) is 10.6 Å². The predicted octanol–water partition coefficient (Wildman–Crippen LogP) is 0.432. The van der Waals surface area contributed by atoms with Gasteiger partial charge in [0.25, 0.3) is 0 Å². The van der Waals surface area contributed by atoms with Crippen LogP contribution < -0.4 is 21.1 Å². The fraction of sp³-hybridized carbons (Fsp3) is 0.429. The van der Waals surface area contributed by atoms with Crippen molar-refractivity contribution in [1.29, 1.82) is 0 Å². The summed E-state index contributed by atoms with van der Waals surface area (Å²) in [5.41, 5.74) is 6.25. The Morgan fingerprint density at radius 3 is 3.05 bits per heavy atom. The highest BCUT2D eigenvalue weighted by atomic mass is 16.5. The molecule has 0 spiro atoms. The van der Waals surface area contributed by atoms with Crippen molar-refractivity contribution in [3.8, 4) is 5.75 Å². The average Bonchev–Trinajstić information content (AvgIpc) is 2.82. The number of amides is 2. The van der Waals surface area contributed by atoms with E-state index < -0.39 is 0 Å². The second kappa shape index (κ2) is 6.79. The standard InChI is InChI=1S/C14H19N3O3/c15-10-2-1-3-12(8-10)20-7-6-13(18)16-9-11-4-5-14(19)17-11/h1-3,8,11H,4-7,9,15H2,(H,16,18)(H,17,19). The van der Waals surface area contributed by atoms with Crippen LogP contribution in [0.1, 0.15) is 19.3 Å². The molecule has 2 rings (SSSR count).